The van der Waals surface area contributed by atoms with Gasteiger partial charge in [0.1, 0.15) is 12.6 Å². The predicted molar refractivity (Wildman–Crippen MR) is 127 cm³/mol. The number of benzene rings is 2. The summed E-state index contributed by atoms with van der Waals surface area (Å²) in [5.74, 6) is -1.05. The molecule has 0 radical (unpaired) electrons. The lowest BCUT2D eigenvalue weighted by Crippen LogP contribution is -2.41. The number of hydrogen-bond donors (Lipinski definition) is 2. The zero-order valence-corrected chi connectivity index (χ0v) is 19.0. The minimum atomic E-state index is -1.01. The quantitative estimate of drug-likeness (QED) is 0.350. The van der Waals surface area contributed by atoms with Gasteiger partial charge in [-0.15, -0.1) is 0 Å². The number of alkyl carbamates (subject to hydrolysis) is 1. The number of hydrogen-bond acceptors (Lipinski definition) is 3. The van der Waals surface area contributed by atoms with Gasteiger partial charge in [-0.2, -0.15) is 0 Å². The van der Waals surface area contributed by atoms with Crippen molar-refractivity contribution in [1.82, 2.24) is 5.32 Å². The molecule has 32 heavy (non-hydrogen) atoms. The molecule has 0 saturated heterocycles. The van der Waals surface area contributed by atoms with Crippen molar-refractivity contribution in [3.05, 3.63) is 59.7 Å². The number of nitrogens with one attached hydrogen (secondary N) is 1. The third kappa shape index (κ3) is 6.35. The second-order valence-electron chi connectivity index (χ2n) is 8.62. The number of amides is 1. The monoisotopic (exact) mass is 437 g/mol. The normalized spacial score (nSPS) is 13.3. The minimum absolute atomic E-state index is 0.0378. The fraction of sp³-hybridized carbons (Fsp3) is 0.481. The molecule has 0 fully saturated rings. The summed E-state index contributed by atoms with van der Waals surface area (Å²) in [4.78, 5) is 24.0. The van der Waals surface area contributed by atoms with Gasteiger partial charge in [-0.05, 0) is 28.7 Å². The lowest BCUT2D eigenvalue weighted by Gasteiger charge is -2.17. The molecule has 0 aliphatic heterocycles. The van der Waals surface area contributed by atoms with Crippen LogP contribution in [0.3, 0.4) is 0 Å². The van der Waals surface area contributed by atoms with Gasteiger partial charge in [0.15, 0.2) is 0 Å². The molecular formula is C27H35NO4. The van der Waals surface area contributed by atoms with Gasteiger partial charge in [-0.1, -0.05) is 107 Å². The van der Waals surface area contributed by atoms with Crippen LogP contribution in [0.25, 0.3) is 11.1 Å². The molecule has 172 valence electrons. The standard InChI is InChI=1S/C27H35NO4/c1-2-3-4-5-6-7-8-9-18-25(26(29)30)28-27(31)32-19-24-22-16-12-10-14-20(22)21-15-11-13-17-23(21)24/h10-17,24-25H,2-9,18-19H2,1H3,(H,28,31)(H,29,30)/t25-/m0/s1. The number of carbonyl (C=O) groups is 2. The number of carbonyl (C=O) groups excluding carboxylic acids is 1. The third-order valence-electron chi connectivity index (χ3n) is 6.28. The van der Waals surface area contributed by atoms with E-state index in [1.807, 2.05) is 24.3 Å². The third-order valence-corrected chi connectivity index (χ3v) is 6.28. The molecule has 0 saturated carbocycles. The number of carboxylic acid groups (broad SMARTS) is 1. The molecule has 5 nitrogen and oxygen atoms in total. The summed E-state index contributed by atoms with van der Waals surface area (Å²) in [5.41, 5.74) is 4.59. The summed E-state index contributed by atoms with van der Waals surface area (Å²) in [7, 11) is 0. The van der Waals surface area contributed by atoms with Crippen molar-refractivity contribution in [2.75, 3.05) is 6.61 Å². The Morgan fingerprint density at radius 2 is 1.41 bits per heavy atom. The molecule has 2 N–H and O–H groups in total. The van der Waals surface area contributed by atoms with Gasteiger partial charge in [-0.3, -0.25) is 0 Å². The number of aliphatic carboxylic acids is 1. The van der Waals surface area contributed by atoms with Gasteiger partial charge < -0.3 is 15.2 Å². The van der Waals surface area contributed by atoms with E-state index in [1.165, 1.54) is 32.1 Å². The fourth-order valence-electron chi connectivity index (χ4n) is 4.52. The van der Waals surface area contributed by atoms with Gasteiger partial charge in [0.05, 0.1) is 0 Å². The zero-order valence-electron chi connectivity index (χ0n) is 19.0. The molecule has 1 aliphatic rings. The summed E-state index contributed by atoms with van der Waals surface area (Å²) in [6.07, 6.45) is 8.88. The highest BCUT2D eigenvalue weighted by Crippen LogP contribution is 2.44. The Kier molecular flexibility index (Phi) is 9.14. The van der Waals surface area contributed by atoms with E-state index < -0.39 is 18.1 Å². The maximum absolute atomic E-state index is 12.4. The highest BCUT2D eigenvalue weighted by atomic mass is 16.5. The van der Waals surface area contributed by atoms with Crippen LogP contribution in [0.5, 0.6) is 0 Å². The first-order chi connectivity index (χ1) is 15.6. The molecule has 0 bridgehead atoms. The van der Waals surface area contributed by atoms with Crippen LogP contribution in [0, 0.1) is 0 Å². The van der Waals surface area contributed by atoms with Crippen LogP contribution < -0.4 is 5.32 Å². The average molecular weight is 438 g/mol. The Hall–Kier alpha value is -2.82. The van der Waals surface area contributed by atoms with Crippen molar-refractivity contribution in [3.63, 3.8) is 0 Å². The lowest BCUT2D eigenvalue weighted by molar-refractivity contribution is -0.139. The molecule has 0 unspecified atom stereocenters. The van der Waals surface area contributed by atoms with Crippen molar-refractivity contribution in [2.24, 2.45) is 0 Å². The molecule has 3 rings (SSSR count). The molecule has 1 amide bonds. The molecule has 2 aromatic carbocycles. The molecule has 1 atom stereocenters. The largest absolute Gasteiger partial charge is 0.480 e. The second-order valence-corrected chi connectivity index (χ2v) is 8.62. The smallest absolute Gasteiger partial charge is 0.407 e. The second kappa shape index (κ2) is 12.3. The Labute approximate surface area is 191 Å². The summed E-state index contributed by atoms with van der Waals surface area (Å²) in [6, 6.07) is 15.4. The maximum atomic E-state index is 12.4. The Bertz CT molecular complexity index is 849. The predicted octanol–water partition coefficient (Wildman–Crippen LogP) is 6.51. The van der Waals surface area contributed by atoms with E-state index in [2.05, 4.69) is 36.5 Å². The molecule has 5 heteroatoms. The van der Waals surface area contributed by atoms with E-state index in [4.69, 9.17) is 4.74 Å². The van der Waals surface area contributed by atoms with Gasteiger partial charge in [0.25, 0.3) is 0 Å². The average Bonchev–Trinajstić information content (AvgIpc) is 3.12. The molecule has 0 spiro atoms. The van der Waals surface area contributed by atoms with Crippen molar-refractivity contribution in [1.29, 1.82) is 0 Å². The Balaban J connectivity index is 1.45. The van der Waals surface area contributed by atoms with E-state index in [1.54, 1.807) is 0 Å². The van der Waals surface area contributed by atoms with E-state index >= 15 is 0 Å². The Morgan fingerprint density at radius 3 is 1.97 bits per heavy atom. The van der Waals surface area contributed by atoms with Crippen LogP contribution in [0.4, 0.5) is 4.79 Å². The zero-order chi connectivity index (χ0) is 22.8. The SMILES string of the molecule is CCCCCCCCCC[C@H](NC(=O)OCC1c2ccccc2-c2ccccc21)C(=O)O. The van der Waals surface area contributed by atoms with Crippen LogP contribution in [-0.2, 0) is 9.53 Å². The Morgan fingerprint density at radius 1 is 0.875 bits per heavy atom. The van der Waals surface area contributed by atoms with E-state index in [9.17, 15) is 14.7 Å². The summed E-state index contributed by atoms with van der Waals surface area (Å²) in [6.45, 7) is 2.39. The van der Waals surface area contributed by atoms with Crippen LogP contribution in [0.1, 0.15) is 81.8 Å². The van der Waals surface area contributed by atoms with Crippen LogP contribution in [0.2, 0.25) is 0 Å². The fourth-order valence-corrected chi connectivity index (χ4v) is 4.52. The molecule has 0 heterocycles. The van der Waals surface area contributed by atoms with E-state index in [0.29, 0.717) is 6.42 Å². The lowest BCUT2D eigenvalue weighted by atomic mass is 9.98. The molecule has 1 aliphatic carbocycles. The highest BCUT2D eigenvalue weighted by molar-refractivity contribution is 5.81. The van der Waals surface area contributed by atoms with E-state index in [-0.39, 0.29) is 12.5 Å². The van der Waals surface area contributed by atoms with Crippen LogP contribution in [0.15, 0.2) is 48.5 Å². The van der Waals surface area contributed by atoms with Gasteiger partial charge in [0, 0.05) is 5.92 Å². The summed E-state index contributed by atoms with van der Waals surface area (Å²) < 4.78 is 5.49. The topological polar surface area (TPSA) is 75.6 Å². The number of unbranched alkanes of at least 4 members (excludes halogenated alkanes) is 7. The first kappa shape index (κ1) is 23.8. The van der Waals surface area contributed by atoms with Gasteiger partial charge in [0.2, 0.25) is 0 Å². The first-order valence-corrected chi connectivity index (χ1v) is 12.0. The summed E-state index contributed by atoms with van der Waals surface area (Å²) >= 11 is 0. The van der Waals surface area contributed by atoms with Gasteiger partial charge in [-0.25, -0.2) is 9.59 Å². The minimum Gasteiger partial charge on any atom is -0.480 e. The van der Waals surface area contributed by atoms with Crippen molar-refractivity contribution in [3.8, 4) is 11.1 Å². The summed E-state index contributed by atoms with van der Waals surface area (Å²) in [5, 5.41) is 12.0. The number of ether oxygens (including phenoxy) is 1. The molecular weight excluding hydrogens is 402 g/mol. The van der Waals surface area contributed by atoms with Gasteiger partial charge >= 0.3 is 12.1 Å². The number of rotatable bonds is 13. The van der Waals surface area contributed by atoms with E-state index in [0.717, 1.165) is 41.5 Å². The molecule has 2 aromatic rings. The highest BCUT2D eigenvalue weighted by Gasteiger charge is 2.29. The maximum Gasteiger partial charge on any atom is 0.407 e. The molecule has 0 aromatic heterocycles. The van der Waals surface area contributed by atoms with Crippen LogP contribution in [-0.4, -0.2) is 29.8 Å². The number of carboxylic acids is 1. The van der Waals surface area contributed by atoms with Crippen molar-refractivity contribution >= 4 is 12.1 Å². The number of fused-ring (bicyclic) bond motifs is 3. The van der Waals surface area contributed by atoms with Crippen LogP contribution >= 0.6 is 0 Å². The van der Waals surface area contributed by atoms with Crippen molar-refractivity contribution in [2.45, 2.75) is 76.7 Å². The first-order valence-electron chi connectivity index (χ1n) is 12.0. The van der Waals surface area contributed by atoms with Crippen molar-refractivity contribution < 1.29 is 19.4 Å².